The van der Waals surface area contributed by atoms with Crippen LogP contribution in [0.1, 0.15) is 20.8 Å². The van der Waals surface area contributed by atoms with Crippen LogP contribution in [0.2, 0.25) is 0 Å². The van der Waals surface area contributed by atoms with Crippen molar-refractivity contribution in [2.45, 2.75) is 26.8 Å². The van der Waals surface area contributed by atoms with Gasteiger partial charge in [0.1, 0.15) is 0 Å². The van der Waals surface area contributed by atoms with Gasteiger partial charge in [0.25, 0.3) is 0 Å². The molecule has 1 aliphatic rings. The second kappa shape index (κ2) is 5.61. The molecule has 0 aliphatic carbocycles. The normalized spacial score (nSPS) is 22.9. The molecule has 0 bridgehead atoms. The molecule has 4 nitrogen and oxygen atoms in total. The van der Waals surface area contributed by atoms with E-state index in [1.807, 2.05) is 26.8 Å². The molecule has 1 amide bonds. The molecule has 0 aromatic carbocycles. The summed E-state index contributed by atoms with van der Waals surface area (Å²) in [4.78, 5) is 17.8. The van der Waals surface area contributed by atoms with Crippen molar-refractivity contribution in [2.24, 2.45) is 4.99 Å². The lowest BCUT2D eigenvalue weighted by Gasteiger charge is -2.31. The standard InChI is InChI=1S/C12H19N3O/c1-5-11(8-14-9(2)3)15-7-6-13-10(4)12(15)16/h5,8,10,13H,2,6-7H2,1,3-4H3/b11-5+,14-8-. The molecule has 0 saturated carbocycles. The van der Waals surface area contributed by atoms with Gasteiger partial charge in [0.15, 0.2) is 0 Å². The first-order valence-corrected chi connectivity index (χ1v) is 5.47. The van der Waals surface area contributed by atoms with Crippen LogP contribution in [-0.4, -0.2) is 36.2 Å². The van der Waals surface area contributed by atoms with Gasteiger partial charge in [0.05, 0.1) is 18.0 Å². The SMILES string of the molecule is C=C(C)/N=C\C(=C/C)N1CCNC(C)C1=O. The largest absolute Gasteiger partial charge is 0.309 e. The van der Waals surface area contributed by atoms with Crippen LogP contribution in [0.5, 0.6) is 0 Å². The molecule has 1 fully saturated rings. The Hall–Kier alpha value is -1.42. The van der Waals surface area contributed by atoms with E-state index >= 15 is 0 Å². The van der Waals surface area contributed by atoms with Gasteiger partial charge in [-0.15, -0.1) is 0 Å². The molecule has 0 aromatic heterocycles. The summed E-state index contributed by atoms with van der Waals surface area (Å²) >= 11 is 0. The number of rotatable bonds is 3. The van der Waals surface area contributed by atoms with Crippen molar-refractivity contribution in [2.75, 3.05) is 13.1 Å². The fourth-order valence-corrected chi connectivity index (χ4v) is 1.56. The third kappa shape index (κ3) is 3.03. The molecule has 1 atom stereocenters. The minimum absolute atomic E-state index is 0.0903. The zero-order valence-corrected chi connectivity index (χ0v) is 10.2. The number of nitrogens with zero attached hydrogens (tertiary/aromatic N) is 2. The van der Waals surface area contributed by atoms with Gasteiger partial charge in [0, 0.05) is 18.8 Å². The summed E-state index contributed by atoms with van der Waals surface area (Å²) in [5.74, 6) is 0.0903. The highest BCUT2D eigenvalue weighted by Crippen LogP contribution is 2.09. The summed E-state index contributed by atoms with van der Waals surface area (Å²) in [5, 5.41) is 3.13. The molecule has 4 heteroatoms. The molecular weight excluding hydrogens is 202 g/mol. The predicted octanol–water partition coefficient (Wildman–Crippen LogP) is 1.31. The van der Waals surface area contributed by atoms with Gasteiger partial charge in [-0.1, -0.05) is 12.7 Å². The highest BCUT2D eigenvalue weighted by molar-refractivity contribution is 5.91. The maximum absolute atomic E-state index is 11.9. The fraction of sp³-hybridized carbons (Fsp3) is 0.500. The first-order valence-electron chi connectivity index (χ1n) is 5.47. The molecule has 1 aliphatic heterocycles. The average Bonchev–Trinajstić information content (AvgIpc) is 2.24. The van der Waals surface area contributed by atoms with E-state index in [0.717, 1.165) is 17.9 Å². The number of carbonyl (C=O) groups is 1. The molecule has 1 heterocycles. The minimum Gasteiger partial charge on any atom is -0.309 e. The van der Waals surface area contributed by atoms with E-state index in [0.29, 0.717) is 6.54 Å². The number of hydrogen-bond acceptors (Lipinski definition) is 3. The molecule has 1 saturated heterocycles. The van der Waals surface area contributed by atoms with E-state index in [9.17, 15) is 4.79 Å². The van der Waals surface area contributed by atoms with E-state index in [2.05, 4.69) is 16.9 Å². The lowest BCUT2D eigenvalue weighted by atomic mass is 10.2. The smallest absolute Gasteiger partial charge is 0.243 e. The second-order valence-corrected chi connectivity index (χ2v) is 3.87. The van der Waals surface area contributed by atoms with Crippen LogP contribution in [0.15, 0.2) is 29.0 Å². The Morgan fingerprint density at radius 3 is 2.94 bits per heavy atom. The van der Waals surface area contributed by atoms with E-state index in [1.165, 1.54) is 0 Å². The Morgan fingerprint density at radius 1 is 1.69 bits per heavy atom. The number of amides is 1. The summed E-state index contributed by atoms with van der Waals surface area (Å²) < 4.78 is 0. The third-order valence-electron chi connectivity index (χ3n) is 2.45. The van der Waals surface area contributed by atoms with E-state index in [1.54, 1.807) is 11.1 Å². The van der Waals surface area contributed by atoms with Crippen molar-refractivity contribution in [1.29, 1.82) is 0 Å². The number of carbonyl (C=O) groups excluding carboxylic acids is 1. The molecule has 88 valence electrons. The molecule has 0 aromatic rings. The fourth-order valence-electron chi connectivity index (χ4n) is 1.56. The summed E-state index contributed by atoms with van der Waals surface area (Å²) in [6, 6.07) is -0.123. The van der Waals surface area contributed by atoms with Crippen LogP contribution in [0.4, 0.5) is 0 Å². The summed E-state index contributed by atoms with van der Waals surface area (Å²) in [7, 11) is 0. The molecule has 1 unspecified atom stereocenters. The number of hydrogen-bond donors (Lipinski definition) is 1. The predicted molar refractivity (Wildman–Crippen MR) is 66.2 cm³/mol. The molecule has 1 N–H and O–H groups in total. The van der Waals surface area contributed by atoms with Gasteiger partial charge in [-0.05, 0) is 20.8 Å². The number of aliphatic imine (C=N–C) groups is 1. The first-order chi connectivity index (χ1) is 7.56. The van der Waals surface area contributed by atoms with Gasteiger partial charge in [-0.3, -0.25) is 9.79 Å². The number of allylic oxidation sites excluding steroid dienone is 3. The van der Waals surface area contributed by atoms with Crippen molar-refractivity contribution in [3.05, 3.63) is 24.0 Å². The van der Waals surface area contributed by atoms with Crippen LogP contribution in [0.3, 0.4) is 0 Å². The maximum Gasteiger partial charge on any atom is 0.243 e. The van der Waals surface area contributed by atoms with Crippen LogP contribution in [0, 0.1) is 0 Å². The number of nitrogens with one attached hydrogen (secondary N) is 1. The van der Waals surface area contributed by atoms with Gasteiger partial charge in [-0.2, -0.15) is 0 Å². The monoisotopic (exact) mass is 221 g/mol. The quantitative estimate of drug-likeness (QED) is 0.730. The topological polar surface area (TPSA) is 44.7 Å². The maximum atomic E-state index is 11.9. The Balaban J connectivity index is 2.80. The Bertz CT molecular complexity index is 344. The van der Waals surface area contributed by atoms with Crippen molar-refractivity contribution < 1.29 is 4.79 Å². The summed E-state index contributed by atoms with van der Waals surface area (Å²) in [6.07, 6.45) is 3.58. The van der Waals surface area contributed by atoms with E-state index in [4.69, 9.17) is 0 Å². The molecule has 16 heavy (non-hydrogen) atoms. The van der Waals surface area contributed by atoms with Crippen LogP contribution < -0.4 is 5.32 Å². The Kier molecular flexibility index (Phi) is 4.43. The van der Waals surface area contributed by atoms with Crippen LogP contribution >= 0.6 is 0 Å². The first kappa shape index (κ1) is 12.6. The van der Waals surface area contributed by atoms with Crippen LogP contribution in [-0.2, 0) is 4.79 Å². The van der Waals surface area contributed by atoms with Crippen LogP contribution in [0.25, 0.3) is 0 Å². The molecule has 0 spiro atoms. The van der Waals surface area contributed by atoms with Gasteiger partial charge >= 0.3 is 0 Å². The Morgan fingerprint density at radius 2 is 2.38 bits per heavy atom. The average molecular weight is 221 g/mol. The third-order valence-corrected chi connectivity index (χ3v) is 2.45. The van der Waals surface area contributed by atoms with Gasteiger partial charge in [-0.25, -0.2) is 0 Å². The van der Waals surface area contributed by atoms with Crippen molar-refractivity contribution in [3.8, 4) is 0 Å². The van der Waals surface area contributed by atoms with Crippen molar-refractivity contribution in [3.63, 3.8) is 0 Å². The van der Waals surface area contributed by atoms with Gasteiger partial charge in [0.2, 0.25) is 5.91 Å². The Labute approximate surface area is 96.7 Å². The van der Waals surface area contributed by atoms with Crippen molar-refractivity contribution in [1.82, 2.24) is 10.2 Å². The van der Waals surface area contributed by atoms with Gasteiger partial charge < -0.3 is 10.2 Å². The van der Waals surface area contributed by atoms with E-state index in [-0.39, 0.29) is 11.9 Å². The lowest BCUT2D eigenvalue weighted by Crippen LogP contribution is -2.53. The van der Waals surface area contributed by atoms with E-state index < -0.39 is 0 Å². The summed E-state index contributed by atoms with van der Waals surface area (Å²) in [6.45, 7) is 10.8. The number of piperazine rings is 1. The molecule has 0 radical (unpaired) electrons. The highest BCUT2D eigenvalue weighted by atomic mass is 16.2. The zero-order valence-electron chi connectivity index (χ0n) is 10.2. The van der Waals surface area contributed by atoms with Crippen molar-refractivity contribution >= 4 is 12.1 Å². The second-order valence-electron chi connectivity index (χ2n) is 3.87. The molecular formula is C12H19N3O. The zero-order chi connectivity index (χ0) is 12.1. The lowest BCUT2D eigenvalue weighted by molar-refractivity contribution is -0.132. The minimum atomic E-state index is -0.123. The molecule has 1 rings (SSSR count). The highest BCUT2D eigenvalue weighted by Gasteiger charge is 2.26. The summed E-state index contributed by atoms with van der Waals surface area (Å²) in [5.41, 5.74) is 1.57.